The number of ether oxygens (including phenoxy) is 1. The summed E-state index contributed by atoms with van der Waals surface area (Å²) < 4.78 is 5.45. The van der Waals surface area contributed by atoms with Crippen LogP contribution in [0.5, 0.6) is 0 Å². The molecular weight excluding hydrogens is 260 g/mol. The molecule has 0 amide bonds. The summed E-state index contributed by atoms with van der Waals surface area (Å²) in [6, 6.07) is 0. The Morgan fingerprint density at radius 3 is 2.24 bits per heavy atom. The number of rotatable bonds is 11. The normalized spacial score (nSPS) is 17.9. The lowest BCUT2D eigenvalue weighted by Gasteiger charge is -2.31. The largest absolute Gasteiger partial charge is 0.385 e. The molecule has 0 aromatic heterocycles. The highest BCUT2D eigenvalue weighted by atomic mass is 16.5. The Morgan fingerprint density at radius 1 is 1.24 bits per heavy atom. The summed E-state index contributed by atoms with van der Waals surface area (Å²) in [5, 5.41) is 10.4. The lowest BCUT2D eigenvalue weighted by atomic mass is 9.79. The van der Waals surface area contributed by atoms with Gasteiger partial charge in [0.2, 0.25) is 0 Å². The highest BCUT2D eigenvalue weighted by molar-refractivity contribution is 5.10. The molecule has 0 aromatic rings. The van der Waals surface area contributed by atoms with Gasteiger partial charge in [-0.3, -0.25) is 0 Å². The summed E-state index contributed by atoms with van der Waals surface area (Å²) in [5.41, 5.74) is 0.156. The van der Waals surface area contributed by atoms with E-state index < -0.39 is 5.60 Å². The lowest BCUT2D eigenvalue weighted by molar-refractivity contribution is 0.0125. The molecule has 0 bridgehead atoms. The van der Waals surface area contributed by atoms with Gasteiger partial charge in [-0.2, -0.15) is 0 Å². The van der Waals surface area contributed by atoms with E-state index >= 15 is 0 Å². The fraction of sp³-hybridized carbons (Fsp3) is 0.789. The summed E-state index contributed by atoms with van der Waals surface area (Å²) in [4.78, 5) is 0. The summed E-state index contributed by atoms with van der Waals surface area (Å²) in [6.07, 6.45) is 7.17. The van der Waals surface area contributed by atoms with Crippen molar-refractivity contribution in [1.29, 1.82) is 0 Å². The van der Waals surface area contributed by atoms with Gasteiger partial charge >= 0.3 is 0 Å². The summed E-state index contributed by atoms with van der Waals surface area (Å²) >= 11 is 0. The summed E-state index contributed by atoms with van der Waals surface area (Å²) in [6.45, 7) is 18.2. The minimum absolute atomic E-state index is 0.0214. The van der Waals surface area contributed by atoms with Gasteiger partial charge in [0.25, 0.3) is 0 Å². The predicted molar refractivity (Wildman–Crippen MR) is 92.5 cm³/mol. The second-order valence-electron chi connectivity index (χ2n) is 7.37. The van der Waals surface area contributed by atoms with Crippen molar-refractivity contribution in [2.45, 2.75) is 77.9 Å². The van der Waals surface area contributed by atoms with Crippen molar-refractivity contribution in [2.24, 2.45) is 11.8 Å². The maximum Gasteiger partial charge on any atom is 0.0861 e. The lowest BCUT2D eigenvalue weighted by Crippen LogP contribution is -2.33. The molecule has 0 aliphatic carbocycles. The van der Waals surface area contributed by atoms with E-state index in [-0.39, 0.29) is 11.5 Å². The van der Waals surface area contributed by atoms with Crippen molar-refractivity contribution < 1.29 is 9.84 Å². The second-order valence-corrected chi connectivity index (χ2v) is 7.37. The van der Waals surface area contributed by atoms with Crippen LogP contribution in [0, 0.1) is 11.8 Å². The molecule has 0 saturated heterocycles. The minimum atomic E-state index is -0.858. The minimum Gasteiger partial charge on any atom is -0.385 e. The fourth-order valence-corrected chi connectivity index (χ4v) is 2.75. The van der Waals surface area contributed by atoms with Gasteiger partial charge < -0.3 is 9.84 Å². The van der Waals surface area contributed by atoms with Crippen molar-refractivity contribution >= 4 is 0 Å². The van der Waals surface area contributed by atoms with Crippen molar-refractivity contribution in [3.05, 3.63) is 24.8 Å². The Balaban J connectivity index is 4.24. The van der Waals surface area contributed by atoms with Crippen LogP contribution in [-0.2, 0) is 4.74 Å². The molecule has 21 heavy (non-hydrogen) atoms. The van der Waals surface area contributed by atoms with Crippen LogP contribution < -0.4 is 0 Å². The molecule has 1 N–H and O–H groups in total. The van der Waals surface area contributed by atoms with Gasteiger partial charge in [-0.1, -0.05) is 44.4 Å². The van der Waals surface area contributed by atoms with Crippen molar-refractivity contribution in [3.63, 3.8) is 0 Å². The van der Waals surface area contributed by atoms with Crippen molar-refractivity contribution in [3.8, 4) is 0 Å². The maximum absolute atomic E-state index is 10.4. The van der Waals surface area contributed by atoms with E-state index in [0.717, 1.165) is 24.8 Å². The van der Waals surface area contributed by atoms with Crippen LogP contribution in [0.2, 0.25) is 0 Å². The topological polar surface area (TPSA) is 29.5 Å². The van der Waals surface area contributed by atoms with E-state index in [4.69, 9.17) is 4.74 Å². The van der Waals surface area contributed by atoms with Crippen LogP contribution in [-0.4, -0.2) is 23.4 Å². The summed E-state index contributed by atoms with van der Waals surface area (Å²) in [5.74, 6) is 0.744. The Morgan fingerprint density at radius 2 is 1.81 bits per heavy atom. The average molecular weight is 296 g/mol. The molecule has 3 unspecified atom stereocenters. The zero-order valence-electron chi connectivity index (χ0n) is 15.0. The third-order valence-electron chi connectivity index (χ3n) is 4.69. The molecule has 0 aliphatic rings. The average Bonchev–Trinajstić information content (AvgIpc) is 2.38. The first-order valence-corrected chi connectivity index (χ1v) is 8.12. The van der Waals surface area contributed by atoms with Gasteiger partial charge in [0, 0.05) is 13.0 Å². The van der Waals surface area contributed by atoms with Crippen LogP contribution >= 0.6 is 0 Å². The predicted octanol–water partition coefficient (Wildman–Crippen LogP) is 5.13. The molecule has 0 spiro atoms. The van der Waals surface area contributed by atoms with Crippen molar-refractivity contribution in [1.82, 2.24) is 0 Å². The third kappa shape index (κ3) is 7.82. The van der Waals surface area contributed by atoms with Gasteiger partial charge in [0.05, 0.1) is 11.2 Å². The number of aliphatic hydroxyl groups is 1. The van der Waals surface area contributed by atoms with Crippen LogP contribution in [0.3, 0.4) is 0 Å². The summed E-state index contributed by atoms with van der Waals surface area (Å²) in [7, 11) is 1.78. The van der Waals surface area contributed by atoms with E-state index in [0.29, 0.717) is 5.92 Å². The third-order valence-corrected chi connectivity index (χ3v) is 4.69. The van der Waals surface area contributed by atoms with Crippen LogP contribution in [0.25, 0.3) is 0 Å². The zero-order valence-corrected chi connectivity index (χ0v) is 15.0. The fourth-order valence-electron chi connectivity index (χ4n) is 2.75. The number of hydrogen-bond donors (Lipinski definition) is 1. The van der Waals surface area contributed by atoms with Crippen LogP contribution in [0.15, 0.2) is 24.8 Å². The molecule has 0 rings (SSSR count). The molecule has 124 valence electrons. The van der Waals surface area contributed by atoms with E-state index in [1.54, 1.807) is 13.2 Å². The molecule has 0 radical (unpaired) electrons. The molecule has 2 heteroatoms. The Hall–Kier alpha value is -0.600. The van der Waals surface area contributed by atoms with Crippen LogP contribution in [0.4, 0.5) is 0 Å². The Bertz CT molecular complexity index is 328. The van der Waals surface area contributed by atoms with Gasteiger partial charge in [-0.15, -0.1) is 6.58 Å². The first-order chi connectivity index (χ1) is 9.55. The van der Waals surface area contributed by atoms with Crippen molar-refractivity contribution in [2.75, 3.05) is 7.11 Å². The molecule has 0 saturated carbocycles. The van der Waals surface area contributed by atoms with Crippen LogP contribution in [0.1, 0.15) is 66.7 Å². The second kappa shape index (κ2) is 8.75. The highest BCUT2D eigenvalue weighted by Crippen LogP contribution is 2.31. The molecule has 0 aliphatic heterocycles. The van der Waals surface area contributed by atoms with E-state index in [1.165, 1.54) is 12.8 Å². The first kappa shape index (κ1) is 20.4. The Kier molecular flexibility index (Phi) is 8.50. The number of methoxy groups -OCH3 is 1. The molecule has 2 nitrogen and oxygen atoms in total. The maximum atomic E-state index is 10.4. The molecule has 0 fully saturated rings. The van der Waals surface area contributed by atoms with Gasteiger partial charge in [0.1, 0.15) is 0 Å². The smallest absolute Gasteiger partial charge is 0.0861 e. The number of hydrogen-bond acceptors (Lipinski definition) is 2. The first-order valence-electron chi connectivity index (χ1n) is 8.12. The van der Waals surface area contributed by atoms with Gasteiger partial charge in [0.15, 0.2) is 0 Å². The molecule has 0 aromatic carbocycles. The van der Waals surface area contributed by atoms with Gasteiger partial charge in [-0.05, 0) is 46.5 Å². The van der Waals surface area contributed by atoms with E-state index in [1.807, 2.05) is 13.8 Å². The molecule has 3 atom stereocenters. The van der Waals surface area contributed by atoms with Gasteiger partial charge in [-0.25, -0.2) is 0 Å². The highest BCUT2D eigenvalue weighted by Gasteiger charge is 2.29. The SMILES string of the molecule is C=CC(C)(O)C(CCC(C)CCCC(C)(C)OC)C(=C)C. The standard InChI is InChI=1S/C19H36O2/c1-9-19(7,20)17(15(2)3)13-12-16(4)11-10-14-18(5,6)21-8/h9,16-17,20H,1-2,10-14H2,3-8H3. The Labute approximate surface area is 132 Å². The zero-order chi connectivity index (χ0) is 16.7. The monoisotopic (exact) mass is 296 g/mol. The van der Waals surface area contributed by atoms with E-state index in [9.17, 15) is 5.11 Å². The quantitative estimate of drug-likeness (QED) is 0.536. The molecule has 0 heterocycles. The van der Waals surface area contributed by atoms with E-state index in [2.05, 4.69) is 33.9 Å². The molecular formula is C19H36O2.